The minimum atomic E-state index is -0.929. The molecule has 0 fully saturated rings. The standard InChI is InChI=1S/C22H27N3O7S/c1-7-28-19(27)16(14-11-33-20(23)24-14)25-29-10-13-12(18(26)32-21(2,3)4)8-9-15-17(13)31-22(5,6)30-15/h8-9,11H,7,10H2,1-6H3,(H2,23,24). The molecule has 0 spiro atoms. The Morgan fingerprint density at radius 3 is 2.58 bits per heavy atom. The van der Waals surface area contributed by atoms with Gasteiger partial charge in [0.1, 0.15) is 17.9 Å². The molecule has 0 radical (unpaired) electrons. The van der Waals surface area contributed by atoms with Gasteiger partial charge in [0.05, 0.1) is 17.7 Å². The van der Waals surface area contributed by atoms with Gasteiger partial charge >= 0.3 is 11.9 Å². The van der Waals surface area contributed by atoms with E-state index in [1.807, 2.05) is 0 Å². The van der Waals surface area contributed by atoms with Crippen LogP contribution in [0.15, 0.2) is 22.7 Å². The van der Waals surface area contributed by atoms with Crippen LogP contribution in [0.5, 0.6) is 11.5 Å². The molecule has 0 saturated heterocycles. The lowest BCUT2D eigenvalue weighted by molar-refractivity contribution is -0.135. The lowest BCUT2D eigenvalue weighted by Gasteiger charge is -2.21. The Morgan fingerprint density at radius 1 is 1.24 bits per heavy atom. The van der Waals surface area contributed by atoms with Crippen molar-refractivity contribution in [3.63, 3.8) is 0 Å². The zero-order valence-electron chi connectivity index (χ0n) is 19.4. The summed E-state index contributed by atoms with van der Waals surface area (Å²) in [7, 11) is 0. The molecule has 178 valence electrons. The van der Waals surface area contributed by atoms with Crippen molar-refractivity contribution in [1.82, 2.24) is 4.98 Å². The Morgan fingerprint density at radius 2 is 1.97 bits per heavy atom. The first-order chi connectivity index (χ1) is 15.4. The Bertz CT molecular complexity index is 1090. The molecule has 0 unspecified atom stereocenters. The number of benzene rings is 1. The highest BCUT2D eigenvalue weighted by molar-refractivity contribution is 7.13. The number of oxime groups is 1. The molecule has 33 heavy (non-hydrogen) atoms. The van der Waals surface area contributed by atoms with Crippen molar-refractivity contribution in [2.75, 3.05) is 12.3 Å². The van der Waals surface area contributed by atoms with Gasteiger partial charge in [-0.3, -0.25) is 0 Å². The number of anilines is 1. The number of nitrogens with two attached hydrogens (primary N) is 1. The fourth-order valence-electron chi connectivity index (χ4n) is 2.94. The second-order valence-corrected chi connectivity index (χ2v) is 9.42. The van der Waals surface area contributed by atoms with Crippen LogP contribution in [0.25, 0.3) is 0 Å². The second-order valence-electron chi connectivity index (χ2n) is 8.53. The van der Waals surface area contributed by atoms with Gasteiger partial charge in [0.15, 0.2) is 16.6 Å². The number of rotatable bonds is 7. The summed E-state index contributed by atoms with van der Waals surface area (Å²) in [5, 5.41) is 5.78. The SMILES string of the molecule is CCOC(=O)C(=NOCc1c(C(=O)OC(C)(C)C)ccc2c1OC(C)(C)O2)c1csc(N)n1. The average Bonchev–Trinajstić information content (AvgIpc) is 3.25. The monoisotopic (exact) mass is 477 g/mol. The largest absolute Gasteiger partial charge is 0.461 e. The van der Waals surface area contributed by atoms with Crippen LogP contribution in [-0.2, 0) is 25.7 Å². The van der Waals surface area contributed by atoms with E-state index >= 15 is 0 Å². The predicted molar refractivity (Wildman–Crippen MR) is 121 cm³/mol. The van der Waals surface area contributed by atoms with Crippen molar-refractivity contribution in [3.05, 3.63) is 34.3 Å². The van der Waals surface area contributed by atoms with Crippen LogP contribution in [0, 0.1) is 0 Å². The third kappa shape index (κ3) is 5.92. The molecular formula is C22H27N3O7S. The third-order valence-electron chi connectivity index (χ3n) is 4.14. The molecule has 1 aromatic carbocycles. The van der Waals surface area contributed by atoms with Gasteiger partial charge in [0.2, 0.25) is 11.5 Å². The normalized spacial score (nSPS) is 14.7. The van der Waals surface area contributed by atoms with E-state index in [2.05, 4.69) is 10.1 Å². The average molecular weight is 478 g/mol. The lowest BCUT2D eigenvalue weighted by atomic mass is 10.1. The first-order valence-corrected chi connectivity index (χ1v) is 11.1. The maximum atomic E-state index is 12.9. The Balaban J connectivity index is 1.95. The number of carbonyl (C=O) groups excluding carboxylic acids is 2. The fourth-order valence-corrected chi connectivity index (χ4v) is 3.49. The van der Waals surface area contributed by atoms with Crippen molar-refractivity contribution >= 4 is 34.1 Å². The van der Waals surface area contributed by atoms with Gasteiger partial charge in [-0.1, -0.05) is 5.16 Å². The topological polar surface area (TPSA) is 132 Å². The fraction of sp³-hybridized carbons (Fsp3) is 0.455. The molecule has 0 saturated carbocycles. The Labute approximate surface area is 195 Å². The number of thiazole rings is 1. The van der Waals surface area contributed by atoms with Crippen LogP contribution in [0.3, 0.4) is 0 Å². The molecule has 1 aromatic heterocycles. The minimum Gasteiger partial charge on any atom is -0.461 e. The summed E-state index contributed by atoms with van der Waals surface area (Å²) in [6.07, 6.45) is 0. The molecule has 2 heterocycles. The van der Waals surface area contributed by atoms with Crippen LogP contribution in [0.2, 0.25) is 0 Å². The maximum Gasteiger partial charge on any atom is 0.362 e. The second kappa shape index (κ2) is 9.26. The molecule has 10 nitrogen and oxygen atoms in total. The molecule has 0 bridgehead atoms. The first-order valence-electron chi connectivity index (χ1n) is 10.3. The highest BCUT2D eigenvalue weighted by Gasteiger charge is 2.36. The summed E-state index contributed by atoms with van der Waals surface area (Å²) in [4.78, 5) is 34.8. The van der Waals surface area contributed by atoms with Crippen molar-refractivity contribution < 1.29 is 33.4 Å². The number of nitrogens with zero attached hydrogens (tertiary/aromatic N) is 2. The van der Waals surface area contributed by atoms with Crippen LogP contribution in [0.4, 0.5) is 5.13 Å². The van der Waals surface area contributed by atoms with E-state index < -0.39 is 23.3 Å². The quantitative estimate of drug-likeness (QED) is 0.360. The third-order valence-corrected chi connectivity index (χ3v) is 4.82. The number of fused-ring (bicyclic) bond motifs is 1. The highest BCUT2D eigenvalue weighted by atomic mass is 32.1. The predicted octanol–water partition coefficient (Wildman–Crippen LogP) is 3.67. The number of ether oxygens (including phenoxy) is 4. The van der Waals surface area contributed by atoms with Gasteiger partial charge in [-0.15, -0.1) is 11.3 Å². The summed E-state index contributed by atoms with van der Waals surface area (Å²) in [6.45, 7) is 10.4. The molecule has 0 amide bonds. The minimum absolute atomic E-state index is 0.145. The molecule has 2 N–H and O–H groups in total. The van der Waals surface area contributed by atoms with Crippen LogP contribution in [0.1, 0.15) is 63.2 Å². The van der Waals surface area contributed by atoms with Crippen molar-refractivity contribution in [2.24, 2.45) is 5.16 Å². The summed E-state index contributed by atoms with van der Waals surface area (Å²) in [5.74, 6) is -1.41. The van der Waals surface area contributed by atoms with Crippen LogP contribution in [-0.4, -0.2) is 40.6 Å². The van der Waals surface area contributed by atoms with E-state index in [4.69, 9.17) is 29.5 Å². The van der Waals surface area contributed by atoms with E-state index in [1.54, 1.807) is 59.1 Å². The number of hydrogen-bond acceptors (Lipinski definition) is 11. The maximum absolute atomic E-state index is 12.9. The number of nitrogen functional groups attached to an aromatic ring is 1. The summed E-state index contributed by atoms with van der Waals surface area (Å²) < 4.78 is 22.2. The van der Waals surface area contributed by atoms with Crippen molar-refractivity contribution in [3.8, 4) is 11.5 Å². The Hall–Kier alpha value is -3.34. The molecule has 11 heteroatoms. The van der Waals surface area contributed by atoms with Crippen molar-refractivity contribution in [2.45, 2.75) is 59.5 Å². The summed E-state index contributed by atoms with van der Waals surface area (Å²) >= 11 is 1.15. The van der Waals surface area contributed by atoms with Crippen LogP contribution < -0.4 is 15.2 Å². The smallest absolute Gasteiger partial charge is 0.362 e. The molecule has 0 aliphatic carbocycles. The summed E-state index contributed by atoms with van der Waals surface area (Å²) in [5.41, 5.74) is 5.66. The van der Waals surface area contributed by atoms with Gasteiger partial charge in [-0.2, -0.15) is 0 Å². The van der Waals surface area contributed by atoms with Gasteiger partial charge in [0, 0.05) is 19.2 Å². The zero-order chi connectivity index (χ0) is 24.4. The van der Waals surface area contributed by atoms with Gasteiger partial charge < -0.3 is 29.5 Å². The van der Waals surface area contributed by atoms with Gasteiger partial charge in [0.25, 0.3) is 0 Å². The number of carbonyl (C=O) groups is 2. The van der Waals surface area contributed by atoms with Gasteiger partial charge in [-0.25, -0.2) is 14.6 Å². The number of hydrogen-bond donors (Lipinski definition) is 1. The van der Waals surface area contributed by atoms with E-state index in [9.17, 15) is 9.59 Å². The van der Waals surface area contributed by atoms with E-state index in [1.165, 1.54) is 0 Å². The van der Waals surface area contributed by atoms with E-state index in [0.29, 0.717) is 17.1 Å². The number of esters is 2. The number of aromatic nitrogens is 1. The first kappa shape index (κ1) is 24.3. The molecule has 3 rings (SSSR count). The molecular weight excluding hydrogens is 450 g/mol. The molecule has 1 aliphatic heterocycles. The van der Waals surface area contributed by atoms with Crippen molar-refractivity contribution in [1.29, 1.82) is 0 Å². The van der Waals surface area contributed by atoms with Crippen LogP contribution >= 0.6 is 11.3 Å². The molecule has 1 aliphatic rings. The lowest BCUT2D eigenvalue weighted by Crippen LogP contribution is -2.30. The highest BCUT2D eigenvalue weighted by Crippen LogP contribution is 2.43. The van der Waals surface area contributed by atoms with E-state index in [-0.39, 0.29) is 35.3 Å². The Kier molecular flexibility index (Phi) is 6.82. The molecule has 2 aromatic rings. The summed E-state index contributed by atoms with van der Waals surface area (Å²) in [6, 6.07) is 3.21. The van der Waals surface area contributed by atoms with Gasteiger partial charge in [-0.05, 0) is 39.8 Å². The van der Waals surface area contributed by atoms with E-state index in [0.717, 1.165) is 11.3 Å². The molecule has 0 atom stereocenters. The zero-order valence-corrected chi connectivity index (χ0v) is 20.2.